The van der Waals surface area contributed by atoms with Crippen molar-refractivity contribution in [1.29, 1.82) is 0 Å². The SMILES string of the molecule is CCOCCCN(C(=O)CCl)[C@@H](C(=O)NC1CCCCC1)c1ccc(Cl)cc1. The molecule has 1 N–H and O–H groups in total. The van der Waals surface area contributed by atoms with E-state index in [1.807, 2.05) is 6.92 Å². The molecule has 0 aliphatic heterocycles. The number of alkyl halides is 1. The standard InChI is InChI=1S/C21H30Cl2N2O3/c1-2-28-14-6-13-25(19(26)15-22)20(16-9-11-17(23)12-10-16)21(27)24-18-7-4-3-5-8-18/h9-12,18,20H,2-8,13-15H2,1H3,(H,24,27)/t20-/m1/s1. The summed E-state index contributed by atoms with van der Waals surface area (Å²) in [6.07, 6.45) is 6.04. The lowest BCUT2D eigenvalue weighted by Crippen LogP contribution is -2.47. The van der Waals surface area contributed by atoms with Crippen LogP contribution in [0.25, 0.3) is 0 Å². The van der Waals surface area contributed by atoms with Crippen LogP contribution in [0.15, 0.2) is 24.3 Å². The molecule has 0 radical (unpaired) electrons. The van der Waals surface area contributed by atoms with Crippen molar-refractivity contribution in [2.45, 2.75) is 57.5 Å². The zero-order valence-electron chi connectivity index (χ0n) is 16.5. The molecule has 156 valence electrons. The van der Waals surface area contributed by atoms with E-state index >= 15 is 0 Å². The first-order valence-electron chi connectivity index (χ1n) is 10.1. The summed E-state index contributed by atoms with van der Waals surface area (Å²) >= 11 is 11.9. The number of carbonyl (C=O) groups excluding carboxylic acids is 2. The molecule has 1 aromatic carbocycles. The zero-order chi connectivity index (χ0) is 20.4. The van der Waals surface area contributed by atoms with Crippen LogP contribution >= 0.6 is 23.2 Å². The van der Waals surface area contributed by atoms with E-state index in [0.717, 1.165) is 31.2 Å². The molecular formula is C21H30Cl2N2O3. The van der Waals surface area contributed by atoms with Gasteiger partial charge in [0.05, 0.1) is 0 Å². The van der Waals surface area contributed by atoms with E-state index in [1.54, 1.807) is 29.2 Å². The van der Waals surface area contributed by atoms with Crippen LogP contribution in [-0.4, -0.2) is 48.4 Å². The molecule has 0 heterocycles. The van der Waals surface area contributed by atoms with Crippen molar-refractivity contribution in [3.63, 3.8) is 0 Å². The normalized spacial score (nSPS) is 15.8. The van der Waals surface area contributed by atoms with Gasteiger partial charge in [0, 0.05) is 30.8 Å². The highest BCUT2D eigenvalue weighted by Gasteiger charge is 2.32. The predicted octanol–water partition coefficient (Wildman–Crippen LogP) is 4.32. The summed E-state index contributed by atoms with van der Waals surface area (Å²) in [7, 11) is 0. The van der Waals surface area contributed by atoms with E-state index in [2.05, 4.69) is 5.32 Å². The third-order valence-electron chi connectivity index (χ3n) is 5.02. The third-order valence-corrected chi connectivity index (χ3v) is 5.50. The molecule has 0 aromatic heterocycles. The molecule has 1 aliphatic carbocycles. The topological polar surface area (TPSA) is 58.6 Å². The molecular weight excluding hydrogens is 399 g/mol. The number of halogens is 2. The number of benzene rings is 1. The fraction of sp³-hybridized carbons (Fsp3) is 0.619. The molecule has 5 nitrogen and oxygen atoms in total. The highest BCUT2D eigenvalue weighted by molar-refractivity contribution is 6.30. The van der Waals surface area contributed by atoms with E-state index in [9.17, 15) is 9.59 Å². The van der Waals surface area contributed by atoms with E-state index < -0.39 is 6.04 Å². The number of ether oxygens (including phenoxy) is 1. The van der Waals surface area contributed by atoms with Gasteiger partial charge in [-0.2, -0.15) is 0 Å². The highest BCUT2D eigenvalue weighted by Crippen LogP contribution is 2.26. The van der Waals surface area contributed by atoms with Crippen molar-refractivity contribution in [3.8, 4) is 0 Å². The van der Waals surface area contributed by atoms with Crippen LogP contribution in [0.1, 0.15) is 57.1 Å². The molecule has 28 heavy (non-hydrogen) atoms. The molecule has 0 bridgehead atoms. The molecule has 1 aliphatic rings. The van der Waals surface area contributed by atoms with E-state index in [0.29, 0.717) is 31.2 Å². The summed E-state index contributed by atoms with van der Waals surface area (Å²) in [5, 5.41) is 3.74. The minimum absolute atomic E-state index is 0.160. The van der Waals surface area contributed by atoms with Gasteiger partial charge < -0.3 is 15.0 Å². The van der Waals surface area contributed by atoms with Gasteiger partial charge in [-0.1, -0.05) is 43.0 Å². The average molecular weight is 429 g/mol. The van der Waals surface area contributed by atoms with E-state index in [1.165, 1.54) is 6.42 Å². The molecule has 0 spiro atoms. The zero-order valence-corrected chi connectivity index (χ0v) is 18.0. The number of nitrogens with zero attached hydrogens (tertiary/aromatic N) is 1. The van der Waals surface area contributed by atoms with Crippen LogP contribution in [0, 0.1) is 0 Å². The Morgan fingerprint density at radius 2 is 1.89 bits per heavy atom. The average Bonchev–Trinajstić information content (AvgIpc) is 2.71. The van der Waals surface area contributed by atoms with Crippen LogP contribution in [0.2, 0.25) is 5.02 Å². The van der Waals surface area contributed by atoms with E-state index in [-0.39, 0.29) is 23.7 Å². The van der Waals surface area contributed by atoms with Gasteiger partial charge in [-0.15, -0.1) is 11.6 Å². The predicted molar refractivity (Wildman–Crippen MR) is 113 cm³/mol. The van der Waals surface area contributed by atoms with Gasteiger partial charge in [0.2, 0.25) is 11.8 Å². The lowest BCUT2D eigenvalue weighted by molar-refractivity contribution is -0.139. The van der Waals surface area contributed by atoms with Crippen LogP contribution in [0.5, 0.6) is 0 Å². The summed E-state index contributed by atoms with van der Waals surface area (Å²) < 4.78 is 5.39. The lowest BCUT2D eigenvalue weighted by atomic mass is 9.94. The summed E-state index contributed by atoms with van der Waals surface area (Å²) in [5.41, 5.74) is 0.729. The summed E-state index contributed by atoms with van der Waals surface area (Å²) in [4.78, 5) is 27.4. The van der Waals surface area contributed by atoms with Gasteiger partial charge in [0.1, 0.15) is 11.9 Å². The monoisotopic (exact) mass is 428 g/mol. The van der Waals surface area contributed by atoms with Gasteiger partial charge in [-0.05, 0) is 43.9 Å². The Kier molecular flexibility index (Phi) is 10.1. The molecule has 7 heteroatoms. The van der Waals surface area contributed by atoms with Crippen molar-refractivity contribution in [1.82, 2.24) is 10.2 Å². The quantitative estimate of drug-likeness (QED) is 0.445. The Morgan fingerprint density at radius 1 is 1.21 bits per heavy atom. The van der Waals surface area contributed by atoms with Crippen LogP contribution in [-0.2, 0) is 14.3 Å². The first kappa shape index (κ1) is 23.0. The Balaban J connectivity index is 2.23. The smallest absolute Gasteiger partial charge is 0.247 e. The number of hydrogen-bond acceptors (Lipinski definition) is 3. The Morgan fingerprint density at radius 3 is 2.50 bits per heavy atom. The second-order valence-electron chi connectivity index (χ2n) is 7.07. The second kappa shape index (κ2) is 12.3. The van der Waals surface area contributed by atoms with Crippen molar-refractivity contribution < 1.29 is 14.3 Å². The van der Waals surface area contributed by atoms with Crippen molar-refractivity contribution in [2.24, 2.45) is 0 Å². The number of rotatable bonds is 10. The largest absolute Gasteiger partial charge is 0.382 e. The molecule has 2 amide bonds. The number of carbonyl (C=O) groups is 2. The fourth-order valence-electron chi connectivity index (χ4n) is 3.60. The minimum atomic E-state index is -0.730. The Bertz CT molecular complexity index is 619. The minimum Gasteiger partial charge on any atom is -0.382 e. The summed E-state index contributed by atoms with van der Waals surface area (Å²) in [6, 6.07) is 6.50. The first-order chi connectivity index (χ1) is 13.6. The maximum absolute atomic E-state index is 13.2. The van der Waals surface area contributed by atoms with Gasteiger partial charge in [-0.25, -0.2) is 0 Å². The summed E-state index contributed by atoms with van der Waals surface area (Å²) in [6.45, 7) is 3.47. The highest BCUT2D eigenvalue weighted by atomic mass is 35.5. The van der Waals surface area contributed by atoms with Gasteiger partial charge >= 0.3 is 0 Å². The fourth-order valence-corrected chi connectivity index (χ4v) is 3.88. The molecule has 0 unspecified atom stereocenters. The first-order valence-corrected chi connectivity index (χ1v) is 11.0. The van der Waals surface area contributed by atoms with Crippen LogP contribution in [0.4, 0.5) is 0 Å². The van der Waals surface area contributed by atoms with E-state index in [4.69, 9.17) is 27.9 Å². The van der Waals surface area contributed by atoms with Crippen molar-refractivity contribution >= 4 is 35.0 Å². The van der Waals surface area contributed by atoms with Crippen molar-refractivity contribution in [3.05, 3.63) is 34.9 Å². The molecule has 1 saturated carbocycles. The third kappa shape index (κ3) is 6.94. The van der Waals surface area contributed by atoms with Crippen LogP contribution < -0.4 is 5.32 Å². The lowest BCUT2D eigenvalue weighted by Gasteiger charge is -2.33. The Hall–Kier alpha value is -1.30. The van der Waals surface area contributed by atoms with Crippen molar-refractivity contribution in [2.75, 3.05) is 25.6 Å². The number of nitrogens with one attached hydrogen (secondary N) is 1. The molecule has 1 atom stereocenters. The number of amides is 2. The molecule has 1 aromatic rings. The summed E-state index contributed by atoms with van der Waals surface area (Å²) in [5.74, 6) is -0.601. The molecule has 2 rings (SSSR count). The maximum atomic E-state index is 13.2. The number of hydrogen-bond donors (Lipinski definition) is 1. The maximum Gasteiger partial charge on any atom is 0.247 e. The van der Waals surface area contributed by atoms with Gasteiger partial charge in [0.15, 0.2) is 0 Å². The van der Waals surface area contributed by atoms with Crippen LogP contribution in [0.3, 0.4) is 0 Å². The Labute approximate surface area is 177 Å². The molecule has 0 saturated heterocycles. The van der Waals surface area contributed by atoms with Gasteiger partial charge in [0.25, 0.3) is 0 Å². The van der Waals surface area contributed by atoms with Gasteiger partial charge in [-0.3, -0.25) is 9.59 Å². The second-order valence-corrected chi connectivity index (χ2v) is 7.77. The molecule has 1 fully saturated rings.